The molecule has 8 nitrogen and oxygen atoms in total. The van der Waals surface area contributed by atoms with Crippen LogP contribution in [0.2, 0.25) is 0 Å². The number of hydrogen-bond acceptors (Lipinski definition) is 8. The fraction of sp³-hybridized carbons (Fsp3) is 0.235. The molecule has 2 N–H and O–H groups in total. The normalized spacial score (nSPS) is 10.2. The van der Waals surface area contributed by atoms with E-state index in [2.05, 4.69) is 0 Å². The summed E-state index contributed by atoms with van der Waals surface area (Å²) in [5.41, 5.74) is 3.12. The smallest absolute Gasteiger partial charge is 0.163 e. The standard InChI is InChI=1S/2C17H18O4/c2*1-20-15-9-5-13(17(11-15)21-2)6-10-16(19)12-3-7-14(18)8-4-12/h2*3-5,7-9,11,18H,6,10H2,1-2H3. The Hall–Kier alpha value is -4.98. The Morgan fingerprint density at radius 2 is 0.881 bits per heavy atom. The highest BCUT2D eigenvalue weighted by Gasteiger charge is 2.11. The van der Waals surface area contributed by atoms with Crippen LogP contribution in [0, 0.1) is 0 Å². The molecule has 0 aliphatic carbocycles. The molecule has 4 rings (SSSR count). The molecule has 0 aromatic heterocycles. The molecule has 0 unspecified atom stereocenters. The Labute approximate surface area is 246 Å². The lowest BCUT2D eigenvalue weighted by Gasteiger charge is -2.10. The summed E-state index contributed by atoms with van der Waals surface area (Å²) in [7, 11) is 6.39. The van der Waals surface area contributed by atoms with Crippen LogP contribution >= 0.6 is 0 Å². The molecule has 0 spiro atoms. The van der Waals surface area contributed by atoms with E-state index in [0.717, 1.165) is 22.6 Å². The minimum atomic E-state index is 0.0351. The fourth-order valence-corrected chi connectivity index (χ4v) is 4.20. The first-order valence-electron chi connectivity index (χ1n) is 13.3. The van der Waals surface area contributed by atoms with Gasteiger partial charge in [-0.05, 0) is 84.6 Å². The first-order chi connectivity index (χ1) is 20.3. The van der Waals surface area contributed by atoms with E-state index >= 15 is 0 Å². The quantitative estimate of drug-likeness (QED) is 0.186. The van der Waals surface area contributed by atoms with Crippen molar-refractivity contribution in [2.45, 2.75) is 25.7 Å². The number of aromatic hydroxyl groups is 2. The number of rotatable bonds is 12. The summed E-state index contributed by atoms with van der Waals surface area (Å²) < 4.78 is 20.9. The Morgan fingerprint density at radius 1 is 0.524 bits per heavy atom. The Bertz CT molecular complexity index is 1350. The molecule has 0 atom stereocenters. The lowest BCUT2D eigenvalue weighted by molar-refractivity contribution is 0.0974. The predicted molar refractivity (Wildman–Crippen MR) is 161 cm³/mol. The average molecular weight is 573 g/mol. The SMILES string of the molecule is COc1ccc(CCC(=O)c2ccc(O)cc2)c(OC)c1.COc1ccc(CCC(=O)c2ccc(O)cc2)c(OC)c1. The van der Waals surface area contributed by atoms with Gasteiger partial charge in [0.2, 0.25) is 0 Å². The van der Waals surface area contributed by atoms with Crippen molar-refractivity contribution in [3.63, 3.8) is 0 Å². The van der Waals surface area contributed by atoms with Crippen molar-refractivity contribution in [3.8, 4) is 34.5 Å². The molecule has 0 saturated carbocycles. The zero-order valence-corrected chi connectivity index (χ0v) is 24.3. The van der Waals surface area contributed by atoms with Crippen LogP contribution in [0.4, 0.5) is 0 Å². The van der Waals surface area contributed by atoms with Gasteiger partial charge in [0, 0.05) is 36.1 Å². The number of phenolic OH excluding ortho intramolecular Hbond substituents is 2. The van der Waals surface area contributed by atoms with Gasteiger partial charge in [0.05, 0.1) is 28.4 Å². The summed E-state index contributed by atoms with van der Waals surface area (Å²) in [6, 6.07) is 23.7. The molecule has 0 bridgehead atoms. The van der Waals surface area contributed by atoms with Crippen LogP contribution in [0.5, 0.6) is 34.5 Å². The second-order valence-corrected chi connectivity index (χ2v) is 9.30. The highest BCUT2D eigenvalue weighted by molar-refractivity contribution is 5.96. The van der Waals surface area contributed by atoms with Crippen LogP contribution in [0.15, 0.2) is 84.9 Å². The molecule has 0 amide bonds. The topological polar surface area (TPSA) is 112 Å². The van der Waals surface area contributed by atoms with Crippen molar-refractivity contribution < 1.29 is 38.7 Å². The maximum Gasteiger partial charge on any atom is 0.163 e. The van der Waals surface area contributed by atoms with E-state index in [4.69, 9.17) is 18.9 Å². The van der Waals surface area contributed by atoms with E-state index in [1.165, 1.54) is 24.3 Å². The van der Waals surface area contributed by atoms with Crippen LogP contribution in [0.1, 0.15) is 44.7 Å². The molecule has 0 aliphatic rings. The van der Waals surface area contributed by atoms with Crippen molar-refractivity contribution in [2.24, 2.45) is 0 Å². The molecule has 0 aliphatic heterocycles. The van der Waals surface area contributed by atoms with Gasteiger partial charge in [-0.15, -0.1) is 0 Å². The minimum absolute atomic E-state index is 0.0351. The zero-order chi connectivity index (χ0) is 30.5. The lowest BCUT2D eigenvalue weighted by atomic mass is 10.0. The monoisotopic (exact) mass is 572 g/mol. The van der Waals surface area contributed by atoms with Gasteiger partial charge in [0.25, 0.3) is 0 Å². The number of methoxy groups -OCH3 is 4. The van der Waals surface area contributed by atoms with E-state index in [1.807, 2.05) is 24.3 Å². The molecular weight excluding hydrogens is 536 g/mol. The van der Waals surface area contributed by atoms with Gasteiger partial charge in [-0.3, -0.25) is 9.59 Å². The molecule has 0 radical (unpaired) electrons. The van der Waals surface area contributed by atoms with Gasteiger partial charge in [-0.1, -0.05) is 12.1 Å². The number of phenols is 2. The second kappa shape index (κ2) is 15.7. The van der Waals surface area contributed by atoms with Crippen molar-refractivity contribution >= 4 is 11.6 Å². The van der Waals surface area contributed by atoms with Crippen LogP contribution in [-0.2, 0) is 12.8 Å². The van der Waals surface area contributed by atoms with Crippen molar-refractivity contribution in [3.05, 3.63) is 107 Å². The maximum absolute atomic E-state index is 12.1. The first kappa shape index (κ1) is 31.5. The molecule has 4 aromatic carbocycles. The number of carbonyl (C=O) groups excluding carboxylic acids is 2. The molecule has 0 saturated heterocycles. The summed E-state index contributed by atoms with van der Waals surface area (Å²) in [6.45, 7) is 0. The molecule has 42 heavy (non-hydrogen) atoms. The molecule has 0 heterocycles. The van der Waals surface area contributed by atoms with Gasteiger partial charge in [-0.25, -0.2) is 0 Å². The molecule has 4 aromatic rings. The van der Waals surface area contributed by atoms with Crippen molar-refractivity contribution in [2.75, 3.05) is 28.4 Å². The average Bonchev–Trinajstić information content (AvgIpc) is 3.03. The Balaban J connectivity index is 0.000000230. The van der Waals surface area contributed by atoms with Gasteiger partial charge >= 0.3 is 0 Å². The molecule has 220 valence electrons. The predicted octanol–water partition coefficient (Wildman–Crippen LogP) is 6.45. The van der Waals surface area contributed by atoms with Crippen molar-refractivity contribution in [1.29, 1.82) is 0 Å². The largest absolute Gasteiger partial charge is 0.508 e. The fourth-order valence-electron chi connectivity index (χ4n) is 4.20. The van der Waals surface area contributed by atoms with Gasteiger partial charge in [-0.2, -0.15) is 0 Å². The molecular formula is C34H36O8. The van der Waals surface area contributed by atoms with Gasteiger partial charge in [0.15, 0.2) is 11.6 Å². The van der Waals surface area contributed by atoms with Gasteiger partial charge < -0.3 is 29.2 Å². The second-order valence-electron chi connectivity index (χ2n) is 9.30. The van der Waals surface area contributed by atoms with E-state index in [-0.39, 0.29) is 23.1 Å². The summed E-state index contributed by atoms with van der Waals surface area (Å²) in [6.07, 6.45) is 1.95. The van der Waals surface area contributed by atoms with Crippen LogP contribution in [-0.4, -0.2) is 50.2 Å². The van der Waals surface area contributed by atoms with Crippen LogP contribution in [0.25, 0.3) is 0 Å². The third-order valence-corrected chi connectivity index (χ3v) is 6.61. The maximum atomic E-state index is 12.1. The summed E-state index contributed by atoms with van der Waals surface area (Å²) in [4.78, 5) is 24.2. The van der Waals surface area contributed by atoms with Crippen LogP contribution < -0.4 is 18.9 Å². The number of ether oxygens (including phenoxy) is 4. The molecule has 8 heteroatoms. The summed E-state index contributed by atoms with van der Waals surface area (Å²) in [5, 5.41) is 18.4. The third-order valence-electron chi connectivity index (χ3n) is 6.61. The number of benzene rings is 4. The van der Waals surface area contributed by atoms with Gasteiger partial charge in [0.1, 0.15) is 34.5 Å². The summed E-state index contributed by atoms with van der Waals surface area (Å²) >= 11 is 0. The van der Waals surface area contributed by atoms with Crippen LogP contribution in [0.3, 0.4) is 0 Å². The highest BCUT2D eigenvalue weighted by Crippen LogP contribution is 2.27. The Morgan fingerprint density at radius 3 is 1.19 bits per heavy atom. The zero-order valence-electron chi connectivity index (χ0n) is 24.3. The summed E-state index contributed by atoms with van der Waals surface area (Å²) in [5.74, 6) is 3.26. The Kier molecular flexibility index (Phi) is 11.8. The highest BCUT2D eigenvalue weighted by atomic mass is 16.5. The lowest BCUT2D eigenvalue weighted by Crippen LogP contribution is -2.02. The number of hydrogen-bond donors (Lipinski definition) is 2. The third kappa shape index (κ3) is 9.02. The minimum Gasteiger partial charge on any atom is -0.508 e. The van der Waals surface area contributed by atoms with Crippen molar-refractivity contribution in [1.82, 2.24) is 0 Å². The number of aryl methyl sites for hydroxylation is 2. The number of ketones is 2. The van der Waals surface area contributed by atoms with E-state index in [1.54, 1.807) is 64.8 Å². The van der Waals surface area contributed by atoms with E-state index in [9.17, 15) is 19.8 Å². The number of Topliss-reactive ketones (excluding diaryl/α,β-unsaturated/α-hetero) is 2. The number of carbonyl (C=O) groups is 2. The van der Waals surface area contributed by atoms with E-state index < -0.39 is 0 Å². The first-order valence-corrected chi connectivity index (χ1v) is 13.3. The van der Waals surface area contributed by atoms with E-state index in [0.29, 0.717) is 48.3 Å². The molecule has 0 fully saturated rings.